The van der Waals surface area contributed by atoms with Crippen molar-refractivity contribution in [3.63, 3.8) is 0 Å². The lowest BCUT2D eigenvalue weighted by atomic mass is 9.79. The van der Waals surface area contributed by atoms with E-state index in [0.717, 1.165) is 32.1 Å². The van der Waals surface area contributed by atoms with E-state index in [1.165, 1.54) is 23.7 Å². The highest BCUT2D eigenvalue weighted by atomic mass is 32.1. The number of piperidine rings is 3. The van der Waals surface area contributed by atoms with Crippen LogP contribution in [0, 0.1) is 11.7 Å². The van der Waals surface area contributed by atoms with Crippen molar-refractivity contribution in [2.45, 2.75) is 31.8 Å². The van der Waals surface area contributed by atoms with E-state index in [9.17, 15) is 9.18 Å². The molecule has 5 rings (SSSR count). The average Bonchev–Trinajstić information content (AvgIpc) is 3.09. The molecule has 1 N–H and O–H groups in total. The third-order valence-electron chi connectivity index (χ3n) is 5.21. The summed E-state index contributed by atoms with van der Waals surface area (Å²) in [4.78, 5) is 23.5. The lowest BCUT2D eigenvalue weighted by Gasteiger charge is -2.49. The molecule has 126 valence electrons. The molecule has 2 unspecified atom stereocenters. The summed E-state index contributed by atoms with van der Waals surface area (Å²) in [5.41, 5.74) is 0.380. The van der Waals surface area contributed by atoms with Crippen molar-refractivity contribution in [2.24, 2.45) is 5.92 Å². The number of carbonyl (C=O) groups excluding carboxylic acids is 1. The molecule has 0 radical (unpaired) electrons. The largest absolute Gasteiger partial charge is 0.347 e. The third kappa shape index (κ3) is 2.71. The van der Waals surface area contributed by atoms with Crippen LogP contribution in [0.2, 0.25) is 0 Å². The normalized spacial score (nSPS) is 28.8. The van der Waals surface area contributed by atoms with Gasteiger partial charge in [-0.1, -0.05) is 0 Å². The van der Waals surface area contributed by atoms with Crippen LogP contribution in [-0.2, 0) is 0 Å². The molecular weight excluding hydrogens is 327 g/mol. The highest BCUT2D eigenvalue weighted by Crippen LogP contribution is 2.33. The van der Waals surface area contributed by atoms with Crippen molar-refractivity contribution in [3.8, 4) is 10.6 Å². The Morgan fingerprint density at radius 3 is 2.88 bits per heavy atom. The van der Waals surface area contributed by atoms with E-state index >= 15 is 0 Å². The molecule has 7 heteroatoms. The first-order valence-corrected chi connectivity index (χ1v) is 9.06. The smallest absolute Gasteiger partial charge is 0.263 e. The predicted octanol–water partition coefficient (Wildman–Crippen LogP) is 2.56. The third-order valence-corrected chi connectivity index (χ3v) is 6.24. The molecule has 5 heterocycles. The van der Waals surface area contributed by atoms with Gasteiger partial charge >= 0.3 is 0 Å². The van der Waals surface area contributed by atoms with Gasteiger partial charge in [0.2, 0.25) is 0 Å². The summed E-state index contributed by atoms with van der Waals surface area (Å²) in [5, 5.41) is 3.68. The zero-order valence-electron chi connectivity index (χ0n) is 13.4. The van der Waals surface area contributed by atoms with E-state index in [4.69, 9.17) is 0 Å². The number of halogens is 1. The van der Waals surface area contributed by atoms with Gasteiger partial charge < -0.3 is 5.32 Å². The number of aromatic nitrogens is 2. The van der Waals surface area contributed by atoms with E-state index in [1.807, 2.05) is 0 Å². The van der Waals surface area contributed by atoms with Crippen LogP contribution in [0.15, 0.2) is 24.7 Å². The van der Waals surface area contributed by atoms with Crippen LogP contribution >= 0.6 is 11.3 Å². The van der Waals surface area contributed by atoms with Crippen molar-refractivity contribution < 1.29 is 9.18 Å². The number of pyridine rings is 1. The first-order chi connectivity index (χ1) is 11.6. The number of rotatable bonds is 3. The first-order valence-electron chi connectivity index (χ1n) is 8.24. The molecule has 3 saturated heterocycles. The van der Waals surface area contributed by atoms with E-state index in [-0.39, 0.29) is 11.9 Å². The number of fused-ring (bicyclic) bond motifs is 3. The van der Waals surface area contributed by atoms with Crippen molar-refractivity contribution in [3.05, 3.63) is 35.4 Å². The number of carbonyl (C=O) groups is 1. The number of nitrogens with zero attached hydrogens (tertiary/aromatic N) is 3. The Balaban J connectivity index is 1.51. The van der Waals surface area contributed by atoms with Gasteiger partial charge in [0.15, 0.2) is 5.82 Å². The van der Waals surface area contributed by atoms with Crippen molar-refractivity contribution >= 4 is 17.2 Å². The van der Waals surface area contributed by atoms with Gasteiger partial charge in [0.1, 0.15) is 9.88 Å². The molecule has 3 aliphatic heterocycles. The molecule has 3 aliphatic rings. The van der Waals surface area contributed by atoms with Crippen molar-refractivity contribution in [1.29, 1.82) is 0 Å². The van der Waals surface area contributed by atoms with E-state index < -0.39 is 5.82 Å². The van der Waals surface area contributed by atoms with Crippen LogP contribution in [0.3, 0.4) is 0 Å². The maximum Gasteiger partial charge on any atom is 0.263 e. The molecule has 0 saturated carbocycles. The molecule has 0 aliphatic carbocycles. The molecule has 5 nitrogen and oxygen atoms in total. The van der Waals surface area contributed by atoms with Gasteiger partial charge in [-0.05, 0) is 44.8 Å². The Hall–Kier alpha value is -1.86. The summed E-state index contributed by atoms with van der Waals surface area (Å²) >= 11 is 1.21. The van der Waals surface area contributed by atoms with Crippen LogP contribution in [0.4, 0.5) is 4.39 Å². The molecule has 2 aromatic heterocycles. The van der Waals surface area contributed by atoms with Crippen LogP contribution in [0.5, 0.6) is 0 Å². The highest BCUT2D eigenvalue weighted by molar-refractivity contribution is 7.16. The molecule has 2 aromatic rings. The van der Waals surface area contributed by atoms with Crippen LogP contribution in [0.25, 0.3) is 10.6 Å². The minimum absolute atomic E-state index is 0.112. The molecule has 0 aromatic carbocycles. The van der Waals surface area contributed by atoms with Gasteiger partial charge in [-0.15, -0.1) is 11.3 Å². The summed E-state index contributed by atoms with van der Waals surface area (Å²) in [6, 6.07) is 2.13. The van der Waals surface area contributed by atoms with Gasteiger partial charge in [0.05, 0.1) is 12.4 Å². The summed E-state index contributed by atoms with van der Waals surface area (Å²) in [5.74, 6) is 0.0163. The standard InChI is InChI=1S/C17H19FN4OS/c1-10-15(11-3-6-22(10)7-4-11)21-16(23)14-9-20-17(24-14)12-2-5-19-8-13(12)18/h2,5,8-11,15H,3-4,6-7H2,1H3,(H,21,23). The Bertz CT molecular complexity index is 755. The Kier molecular flexibility index (Phi) is 4.05. The summed E-state index contributed by atoms with van der Waals surface area (Å²) in [6.07, 6.45) is 6.50. The SMILES string of the molecule is CC1C(NC(=O)c2cnc(-c3ccncc3F)s2)C2CCN1CC2. The maximum atomic E-state index is 13.8. The number of nitrogens with one attached hydrogen (secondary N) is 1. The topological polar surface area (TPSA) is 58.1 Å². The van der Waals surface area contributed by atoms with Gasteiger partial charge in [-0.3, -0.25) is 14.7 Å². The van der Waals surface area contributed by atoms with Gasteiger partial charge in [0, 0.05) is 23.8 Å². The summed E-state index contributed by atoms with van der Waals surface area (Å²) < 4.78 is 13.8. The van der Waals surface area contributed by atoms with Gasteiger partial charge in [-0.25, -0.2) is 9.37 Å². The molecule has 24 heavy (non-hydrogen) atoms. The number of thiazole rings is 1. The average molecular weight is 346 g/mol. The predicted molar refractivity (Wildman–Crippen MR) is 90.3 cm³/mol. The van der Waals surface area contributed by atoms with Crippen LogP contribution in [-0.4, -0.2) is 45.9 Å². The van der Waals surface area contributed by atoms with Crippen LogP contribution in [0.1, 0.15) is 29.4 Å². The first kappa shape index (κ1) is 15.7. The summed E-state index contributed by atoms with van der Waals surface area (Å²) in [6.45, 7) is 4.44. The van der Waals surface area contributed by atoms with Crippen molar-refractivity contribution in [2.75, 3.05) is 13.1 Å². The second kappa shape index (κ2) is 6.22. The Morgan fingerprint density at radius 1 is 1.38 bits per heavy atom. The fraction of sp³-hybridized carbons (Fsp3) is 0.471. The quantitative estimate of drug-likeness (QED) is 0.928. The lowest BCUT2D eigenvalue weighted by molar-refractivity contribution is 0.0218. The summed E-state index contributed by atoms with van der Waals surface area (Å²) in [7, 11) is 0. The van der Waals surface area contributed by atoms with E-state index in [0.29, 0.717) is 27.4 Å². The number of amides is 1. The second-order valence-corrected chi connectivity index (χ2v) is 7.53. The van der Waals surface area contributed by atoms with Gasteiger partial charge in [-0.2, -0.15) is 0 Å². The molecule has 3 fully saturated rings. The molecular formula is C17H19FN4OS. The maximum absolute atomic E-state index is 13.8. The minimum atomic E-state index is -0.426. The second-order valence-electron chi connectivity index (χ2n) is 6.50. The zero-order chi connectivity index (χ0) is 16.7. The monoisotopic (exact) mass is 346 g/mol. The number of hydrogen-bond donors (Lipinski definition) is 1. The lowest BCUT2D eigenvalue weighted by Crippen LogP contribution is -2.62. The molecule has 0 spiro atoms. The number of hydrogen-bond acceptors (Lipinski definition) is 5. The minimum Gasteiger partial charge on any atom is -0.347 e. The van der Waals surface area contributed by atoms with E-state index in [2.05, 4.69) is 27.1 Å². The van der Waals surface area contributed by atoms with Gasteiger partial charge in [0.25, 0.3) is 5.91 Å². The fourth-order valence-electron chi connectivity index (χ4n) is 3.82. The van der Waals surface area contributed by atoms with E-state index in [1.54, 1.807) is 6.07 Å². The van der Waals surface area contributed by atoms with Crippen molar-refractivity contribution in [1.82, 2.24) is 20.2 Å². The zero-order valence-corrected chi connectivity index (χ0v) is 14.2. The van der Waals surface area contributed by atoms with Crippen LogP contribution < -0.4 is 5.32 Å². The molecule has 2 bridgehead atoms. The highest BCUT2D eigenvalue weighted by Gasteiger charge is 2.40. The molecule has 1 amide bonds. The Morgan fingerprint density at radius 2 is 2.17 bits per heavy atom. The molecule has 2 atom stereocenters. The fourth-order valence-corrected chi connectivity index (χ4v) is 4.67. The Labute approximate surface area is 143 Å².